The SMILES string of the molecule is CC(C)(C)c1ccc(N2c3cc(N4c5ccccc5C5(C)CCCCC45C)cc4c3B3c5c2cccc5[Si](C)(C)c2cccc(c23)N4c2cc(C(C)(C)C)cc(C(C)(C)C)c2)cc1. The summed E-state index contributed by atoms with van der Waals surface area (Å²) in [5, 5.41) is 3.15. The standard InChI is InChI=1S/C58H66BN3Si/c1-54(2,3)37-26-28-40(29-27-37)60-45-22-18-24-49-52(45)59-51-47(60)35-42(62-44-21-15-14-20-43(44)57(10)30-16-17-31-58(57,62)11)36-48(51)61(46-23-19-25-50(53(46)59)63(49,12)13)41-33-38(55(4,5)6)32-39(34-41)56(7,8)9/h14-15,18-29,32-36H,16-17,30-31H2,1-13H3. The summed E-state index contributed by atoms with van der Waals surface area (Å²) in [6, 6.07) is 46.3. The predicted octanol–water partition coefficient (Wildman–Crippen LogP) is 12.5. The molecule has 0 amide bonds. The van der Waals surface area contributed by atoms with Crippen molar-refractivity contribution < 1.29 is 0 Å². The average molecular weight is 844 g/mol. The van der Waals surface area contributed by atoms with Gasteiger partial charge < -0.3 is 14.7 Å². The number of hydrogen-bond acceptors (Lipinski definition) is 3. The fourth-order valence-electron chi connectivity index (χ4n) is 12.8. The third-order valence-electron chi connectivity index (χ3n) is 16.6. The Labute approximate surface area is 379 Å². The molecular weight excluding hydrogens is 778 g/mol. The second-order valence-electron chi connectivity index (χ2n) is 23.8. The minimum atomic E-state index is -2.16. The number of hydrogen-bond donors (Lipinski definition) is 0. The molecule has 2 atom stereocenters. The molecule has 4 aliphatic heterocycles. The minimum Gasteiger partial charge on any atom is -0.334 e. The Kier molecular flexibility index (Phi) is 8.45. The number of nitrogens with zero attached hydrogens (tertiary/aromatic N) is 3. The van der Waals surface area contributed by atoms with Crippen molar-refractivity contribution in [3.05, 3.63) is 138 Å². The van der Waals surface area contributed by atoms with Gasteiger partial charge in [-0.05, 0) is 129 Å². The van der Waals surface area contributed by atoms with Gasteiger partial charge in [0.2, 0.25) is 0 Å². The molecule has 63 heavy (non-hydrogen) atoms. The number of benzene rings is 6. The van der Waals surface area contributed by atoms with Crippen LogP contribution in [0.1, 0.15) is 124 Å². The van der Waals surface area contributed by atoms with Crippen LogP contribution >= 0.6 is 0 Å². The Morgan fingerprint density at radius 3 is 1.54 bits per heavy atom. The Morgan fingerprint density at radius 1 is 0.476 bits per heavy atom. The third-order valence-corrected chi connectivity index (χ3v) is 20.2. The molecule has 4 heterocycles. The second-order valence-corrected chi connectivity index (χ2v) is 28.2. The van der Waals surface area contributed by atoms with Crippen molar-refractivity contribution in [1.82, 2.24) is 0 Å². The highest BCUT2D eigenvalue weighted by atomic mass is 28.3. The quantitative estimate of drug-likeness (QED) is 0.164. The lowest BCUT2D eigenvalue weighted by molar-refractivity contribution is 0.195. The number of para-hydroxylation sites is 1. The van der Waals surface area contributed by atoms with E-state index in [-0.39, 0.29) is 33.9 Å². The molecule has 0 spiro atoms. The molecule has 5 aliphatic rings. The van der Waals surface area contributed by atoms with Crippen LogP contribution in [0.2, 0.25) is 13.1 Å². The summed E-state index contributed by atoms with van der Waals surface area (Å²) in [4.78, 5) is 8.19. The van der Waals surface area contributed by atoms with Crippen LogP contribution in [0.5, 0.6) is 0 Å². The van der Waals surface area contributed by atoms with E-state index in [0.717, 1.165) is 6.42 Å². The molecule has 3 nitrogen and oxygen atoms in total. The molecule has 1 aliphatic carbocycles. The van der Waals surface area contributed by atoms with Crippen LogP contribution in [0.25, 0.3) is 0 Å². The highest BCUT2D eigenvalue weighted by Gasteiger charge is 2.58. The zero-order chi connectivity index (χ0) is 44.4. The molecule has 6 aromatic carbocycles. The van der Waals surface area contributed by atoms with Crippen molar-refractivity contribution in [2.45, 2.75) is 142 Å². The van der Waals surface area contributed by atoms with Crippen molar-refractivity contribution in [2.75, 3.05) is 14.7 Å². The van der Waals surface area contributed by atoms with Crippen LogP contribution in [-0.2, 0) is 21.7 Å². The summed E-state index contributed by atoms with van der Waals surface area (Å²) in [6.45, 7) is 31.7. The van der Waals surface area contributed by atoms with Gasteiger partial charge >= 0.3 is 0 Å². The number of fused-ring (bicyclic) bond motifs is 3. The van der Waals surface area contributed by atoms with Crippen LogP contribution < -0.4 is 41.5 Å². The highest BCUT2D eigenvalue weighted by molar-refractivity contribution is 7.16. The molecule has 0 radical (unpaired) electrons. The largest absolute Gasteiger partial charge is 0.334 e. The van der Waals surface area contributed by atoms with E-state index in [4.69, 9.17) is 0 Å². The Morgan fingerprint density at radius 2 is 0.984 bits per heavy atom. The monoisotopic (exact) mass is 844 g/mol. The normalized spacial score (nSPS) is 21.6. The fraction of sp³-hybridized carbons (Fsp3) is 0.379. The fourth-order valence-corrected chi connectivity index (χ4v) is 16.0. The Balaban J connectivity index is 1.29. The molecule has 2 unspecified atom stereocenters. The van der Waals surface area contributed by atoms with Crippen molar-refractivity contribution in [1.29, 1.82) is 0 Å². The molecule has 0 aromatic heterocycles. The van der Waals surface area contributed by atoms with Gasteiger partial charge in [0.05, 0.1) is 5.54 Å². The highest BCUT2D eigenvalue weighted by Crippen LogP contribution is 2.61. The first-order chi connectivity index (χ1) is 29.6. The second kappa shape index (κ2) is 13.1. The summed E-state index contributed by atoms with van der Waals surface area (Å²) in [5.74, 6) is 0. The first-order valence-corrected chi connectivity index (χ1v) is 26.9. The summed E-state index contributed by atoms with van der Waals surface area (Å²) in [5.41, 5.74) is 20.5. The predicted molar refractivity (Wildman–Crippen MR) is 276 cm³/mol. The smallest absolute Gasteiger partial charge is 0.251 e. The van der Waals surface area contributed by atoms with E-state index in [1.54, 1.807) is 10.4 Å². The van der Waals surface area contributed by atoms with E-state index in [2.05, 4.69) is 219 Å². The summed E-state index contributed by atoms with van der Waals surface area (Å²) in [7, 11) is -2.16. The van der Waals surface area contributed by atoms with Crippen molar-refractivity contribution in [2.24, 2.45) is 0 Å². The maximum atomic E-state index is 2.80. The first kappa shape index (κ1) is 40.8. The van der Waals surface area contributed by atoms with Crippen molar-refractivity contribution in [3.63, 3.8) is 0 Å². The topological polar surface area (TPSA) is 9.72 Å². The summed E-state index contributed by atoms with van der Waals surface area (Å²) < 4.78 is 0. The van der Waals surface area contributed by atoms with Crippen LogP contribution in [0.3, 0.4) is 0 Å². The summed E-state index contributed by atoms with van der Waals surface area (Å²) >= 11 is 0. The molecule has 6 aromatic rings. The van der Waals surface area contributed by atoms with Crippen LogP contribution in [0.4, 0.5) is 45.5 Å². The zero-order valence-corrected chi connectivity index (χ0v) is 41.2. The van der Waals surface area contributed by atoms with E-state index in [1.807, 2.05) is 0 Å². The molecule has 1 saturated carbocycles. The molecule has 1 fully saturated rings. The van der Waals surface area contributed by atoms with Gasteiger partial charge in [-0.15, -0.1) is 0 Å². The van der Waals surface area contributed by atoms with Crippen LogP contribution in [-0.4, -0.2) is 20.3 Å². The molecule has 0 bridgehead atoms. The maximum Gasteiger partial charge on any atom is 0.251 e. The van der Waals surface area contributed by atoms with E-state index in [9.17, 15) is 0 Å². The molecule has 0 N–H and O–H groups in total. The van der Waals surface area contributed by atoms with E-state index in [0.29, 0.717) is 0 Å². The van der Waals surface area contributed by atoms with Gasteiger partial charge in [0.25, 0.3) is 6.71 Å². The number of anilines is 8. The average Bonchev–Trinajstić information content (AvgIpc) is 3.44. The number of rotatable bonds is 3. The lowest BCUT2D eigenvalue weighted by atomic mass is 9.33. The Hall–Kier alpha value is -5.00. The van der Waals surface area contributed by atoms with Crippen LogP contribution in [0, 0.1) is 0 Å². The van der Waals surface area contributed by atoms with Gasteiger partial charge in [0, 0.05) is 50.9 Å². The minimum absolute atomic E-state index is 0.0240. The molecule has 5 heteroatoms. The maximum absolute atomic E-state index is 2.80. The van der Waals surface area contributed by atoms with Crippen LogP contribution in [0.15, 0.2) is 115 Å². The molecular formula is C58H66BN3Si. The molecule has 320 valence electrons. The lowest BCUT2D eigenvalue weighted by Crippen LogP contribution is -2.79. The molecule has 0 saturated heterocycles. The first-order valence-electron chi connectivity index (χ1n) is 23.9. The van der Waals surface area contributed by atoms with Gasteiger partial charge in [-0.2, -0.15) is 0 Å². The van der Waals surface area contributed by atoms with Crippen molar-refractivity contribution in [3.8, 4) is 0 Å². The third kappa shape index (κ3) is 5.57. The van der Waals surface area contributed by atoms with E-state index >= 15 is 0 Å². The van der Waals surface area contributed by atoms with E-state index < -0.39 is 8.07 Å². The van der Waals surface area contributed by atoms with Gasteiger partial charge in [-0.25, -0.2) is 0 Å². The van der Waals surface area contributed by atoms with Crippen molar-refractivity contribution >= 4 is 87.0 Å². The zero-order valence-electron chi connectivity index (χ0n) is 40.2. The molecule has 11 rings (SSSR count). The van der Waals surface area contributed by atoms with Gasteiger partial charge in [0.15, 0.2) is 0 Å². The van der Waals surface area contributed by atoms with Gasteiger partial charge in [0.1, 0.15) is 8.07 Å². The summed E-state index contributed by atoms with van der Waals surface area (Å²) in [6.07, 6.45) is 4.89. The van der Waals surface area contributed by atoms with E-state index in [1.165, 1.54) is 103 Å². The van der Waals surface area contributed by atoms with Gasteiger partial charge in [-0.1, -0.05) is 166 Å². The lowest BCUT2D eigenvalue weighted by Gasteiger charge is -2.52. The Bertz CT molecular complexity index is 2860. The van der Waals surface area contributed by atoms with Gasteiger partial charge in [-0.3, -0.25) is 0 Å².